The number of hydrogen-bond acceptors (Lipinski definition) is 4. The summed E-state index contributed by atoms with van der Waals surface area (Å²) in [7, 11) is 0. The van der Waals surface area contributed by atoms with Crippen molar-refractivity contribution >= 4 is 11.6 Å². The van der Waals surface area contributed by atoms with Gasteiger partial charge in [0.05, 0.1) is 11.9 Å². The molecule has 5 heteroatoms. The van der Waals surface area contributed by atoms with Gasteiger partial charge in [-0.2, -0.15) is 0 Å². The Morgan fingerprint density at radius 1 is 1.33 bits per heavy atom. The van der Waals surface area contributed by atoms with Gasteiger partial charge in [0.15, 0.2) is 0 Å². The zero-order valence-corrected chi connectivity index (χ0v) is 9.84. The highest BCUT2D eigenvalue weighted by Gasteiger charge is 2.07. The van der Waals surface area contributed by atoms with Crippen LogP contribution in [-0.2, 0) is 6.42 Å². The third-order valence-corrected chi connectivity index (χ3v) is 2.40. The lowest BCUT2D eigenvalue weighted by atomic mass is 10.2. The van der Waals surface area contributed by atoms with Crippen LogP contribution in [0.1, 0.15) is 16.1 Å². The van der Waals surface area contributed by atoms with Crippen LogP contribution in [0.15, 0.2) is 42.9 Å². The van der Waals surface area contributed by atoms with Gasteiger partial charge in [0, 0.05) is 30.1 Å². The Morgan fingerprint density at radius 3 is 2.94 bits per heavy atom. The number of hydrogen-bond donors (Lipinski definition) is 2. The molecule has 18 heavy (non-hydrogen) atoms. The first-order valence-electron chi connectivity index (χ1n) is 5.66. The van der Waals surface area contributed by atoms with Crippen LogP contribution < -0.4 is 11.1 Å². The fourth-order valence-electron chi connectivity index (χ4n) is 1.54. The number of nitrogens with two attached hydrogens (primary N) is 1. The largest absolute Gasteiger partial charge is 0.330 e. The van der Waals surface area contributed by atoms with E-state index in [1.165, 1.54) is 0 Å². The zero-order valence-electron chi connectivity index (χ0n) is 9.84. The topological polar surface area (TPSA) is 80.9 Å². The molecule has 2 aromatic rings. The molecule has 0 atom stereocenters. The molecule has 0 saturated carbocycles. The Kier molecular flexibility index (Phi) is 3.98. The highest BCUT2D eigenvalue weighted by Crippen LogP contribution is 2.08. The monoisotopic (exact) mass is 242 g/mol. The highest BCUT2D eigenvalue weighted by atomic mass is 16.1. The fraction of sp³-hybridized carbons (Fsp3) is 0.154. The average molecular weight is 242 g/mol. The normalized spacial score (nSPS) is 10.1. The van der Waals surface area contributed by atoms with Gasteiger partial charge in [-0.25, -0.2) is 0 Å². The smallest absolute Gasteiger partial charge is 0.255 e. The molecule has 5 nitrogen and oxygen atoms in total. The molecular weight excluding hydrogens is 228 g/mol. The van der Waals surface area contributed by atoms with Crippen LogP contribution in [0.4, 0.5) is 5.69 Å². The SMILES string of the molecule is NCCc1cc(C(=O)Nc2cccnc2)ccn1. The van der Waals surface area contributed by atoms with E-state index >= 15 is 0 Å². The minimum Gasteiger partial charge on any atom is -0.330 e. The van der Waals surface area contributed by atoms with E-state index < -0.39 is 0 Å². The number of pyridine rings is 2. The molecule has 0 aliphatic heterocycles. The average Bonchev–Trinajstić information content (AvgIpc) is 2.40. The molecule has 0 bridgehead atoms. The summed E-state index contributed by atoms with van der Waals surface area (Å²) >= 11 is 0. The summed E-state index contributed by atoms with van der Waals surface area (Å²) in [5.41, 5.74) is 7.51. The van der Waals surface area contributed by atoms with Crippen LogP contribution in [0.5, 0.6) is 0 Å². The molecule has 0 spiro atoms. The second-order valence-corrected chi connectivity index (χ2v) is 3.77. The van der Waals surface area contributed by atoms with E-state index in [0.717, 1.165) is 5.69 Å². The minimum atomic E-state index is -0.177. The van der Waals surface area contributed by atoms with Gasteiger partial charge in [0.25, 0.3) is 5.91 Å². The molecule has 0 saturated heterocycles. The Hall–Kier alpha value is -2.27. The van der Waals surface area contributed by atoms with E-state index in [1.54, 1.807) is 42.9 Å². The first-order chi connectivity index (χ1) is 8.79. The zero-order chi connectivity index (χ0) is 12.8. The van der Waals surface area contributed by atoms with Crippen molar-refractivity contribution in [2.75, 3.05) is 11.9 Å². The molecule has 2 aromatic heterocycles. The molecule has 0 radical (unpaired) electrons. The Labute approximate surface area is 105 Å². The van der Waals surface area contributed by atoms with Crippen LogP contribution in [0.25, 0.3) is 0 Å². The molecule has 0 unspecified atom stereocenters. The van der Waals surface area contributed by atoms with Gasteiger partial charge >= 0.3 is 0 Å². The number of rotatable bonds is 4. The predicted octanol–water partition coefficient (Wildman–Crippen LogP) is 1.23. The number of anilines is 1. The number of aromatic nitrogens is 2. The predicted molar refractivity (Wildman–Crippen MR) is 69.2 cm³/mol. The van der Waals surface area contributed by atoms with Gasteiger partial charge in [-0.15, -0.1) is 0 Å². The molecule has 2 rings (SSSR count). The second-order valence-electron chi connectivity index (χ2n) is 3.77. The maximum absolute atomic E-state index is 12.0. The maximum atomic E-state index is 12.0. The third-order valence-electron chi connectivity index (χ3n) is 2.40. The number of carbonyl (C=O) groups excluding carboxylic acids is 1. The van der Waals surface area contributed by atoms with Crippen LogP contribution in [0, 0.1) is 0 Å². The molecular formula is C13H14N4O. The number of amides is 1. The lowest BCUT2D eigenvalue weighted by Gasteiger charge is -2.05. The van der Waals surface area contributed by atoms with E-state index in [9.17, 15) is 4.79 Å². The summed E-state index contributed by atoms with van der Waals surface area (Å²) in [4.78, 5) is 20.1. The van der Waals surface area contributed by atoms with Gasteiger partial charge < -0.3 is 11.1 Å². The van der Waals surface area contributed by atoms with Crippen molar-refractivity contribution in [3.63, 3.8) is 0 Å². The van der Waals surface area contributed by atoms with Gasteiger partial charge in [0.2, 0.25) is 0 Å². The van der Waals surface area contributed by atoms with Crippen molar-refractivity contribution in [3.8, 4) is 0 Å². The lowest BCUT2D eigenvalue weighted by molar-refractivity contribution is 0.102. The fourth-order valence-corrected chi connectivity index (χ4v) is 1.54. The van der Waals surface area contributed by atoms with Crippen molar-refractivity contribution < 1.29 is 4.79 Å². The number of nitrogens with zero attached hydrogens (tertiary/aromatic N) is 2. The maximum Gasteiger partial charge on any atom is 0.255 e. The summed E-state index contributed by atoms with van der Waals surface area (Å²) in [6.07, 6.45) is 5.53. The van der Waals surface area contributed by atoms with E-state index in [-0.39, 0.29) is 5.91 Å². The van der Waals surface area contributed by atoms with Gasteiger partial charge in [0.1, 0.15) is 0 Å². The van der Waals surface area contributed by atoms with Crippen molar-refractivity contribution in [1.82, 2.24) is 9.97 Å². The molecule has 3 N–H and O–H groups in total. The van der Waals surface area contributed by atoms with Crippen molar-refractivity contribution in [3.05, 3.63) is 54.1 Å². The van der Waals surface area contributed by atoms with Crippen molar-refractivity contribution in [1.29, 1.82) is 0 Å². The molecule has 0 fully saturated rings. The standard InChI is InChI=1S/C13H14N4O/c14-5-3-11-8-10(4-7-16-11)13(18)17-12-2-1-6-15-9-12/h1-2,4,6-9H,3,5,14H2,(H,17,18). The summed E-state index contributed by atoms with van der Waals surface area (Å²) in [6.45, 7) is 0.515. The summed E-state index contributed by atoms with van der Waals surface area (Å²) < 4.78 is 0. The van der Waals surface area contributed by atoms with Crippen LogP contribution in [0.3, 0.4) is 0 Å². The molecule has 2 heterocycles. The minimum absolute atomic E-state index is 0.177. The Morgan fingerprint density at radius 2 is 2.22 bits per heavy atom. The van der Waals surface area contributed by atoms with Gasteiger partial charge in [-0.1, -0.05) is 0 Å². The Bertz CT molecular complexity index is 528. The van der Waals surface area contributed by atoms with Crippen LogP contribution >= 0.6 is 0 Å². The van der Waals surface area contributed by atoms with Crippen molar-refractivity contribution in [2.45, 2.75) is 6.42 Å². The molecule has 1 amide bonds. The van der Waals surface area contributed by atoms with E-state index in [1.807, 2.05) is 0 Å². The first-order valence-corrected chi connectivity index (χ1v) is 5.66. The van der Waals surface area contributed by atoms with Gasteiger partial charge in [-0.3, -0.25) is 14.8 Å². The van der Waals surface area contributed by atoms with Crippen LogP contribution in [0.2, 0.25) is 0 Å². The summed E-state index contributed by atoms with van der Waals surface area (Å²) in [5, 5.41) is 2.77. The number of nitrogens with one attached hydrogen (secondary N) is 1. The number of carbonyl (C=O) groups is 1. The molecule has 0 aromatic carbocycles. The molecule has 0 aliphatic rings. The van der Waals surface area contributed by atoms with E-state index in [0.29, 0.717) is 24.2 Å². The quantitative estimate of drug-likeness (QED) is 0.845. The third kappa shape index (κ3) is 3.11. The van der Waals surface area contributed by atoms with Gasteiger partial charge in [-0.05, 0) is 30.8 Å². The summed E-state index contributed by atoms with van der Waals surface area (Å²) in [6, 6.07) is 6.97. The second kappa shape index (κ2) is 5.88. The molecule has 0 aliphatic carbocycles. The summed E-state index contributed by atoms with van der Waals surface area (Å²) in [5.74, 6) is -0.177. The van der Waals surface area contributed by atoms with Crippen LogP contribution in [-0.4, -0.2) is 22.4 Å². The first kappa shape index (κ1) is 12.2. The van der Waals surface area contributed by atoms with E-state index in [2.05, 4.69) is 15.3 Å². The Balaban J connectivity index is 2.11. The van der Waals surface area contributed by atoms with Crippen molar-refractivity contribution in [2.24, 2.45) is 5.73 Å². The lowest BCUT2D eigenvalue weighted by Crippen LogP contribution is -2.13. The van der Waals surface area contributed by atoms with E-state index in [4.69, 9.17) is 5.73 Å². The molecule has 92 valence electrons. The highest BCUT2D eigenvalue weighted by molar-refractivity contribution is 6.04.